The Bertz CT molecular complexity index is 833. The number of nitrogens with zero attached hydrogens (tertiary/aromatic N) is 2. The average molecular weight is 281 g/mol. The molecule has 0 saturated heterocycles. The van der Waals surface area contributed by atoms with E-state index >= 15 is 0 Å². The first-order chi connectivity index (χ1) is 10.1. The van der Waals surface area contributed by atoms with Crippen molar-refractivity contribution in [2.24, 2.45) is 0 Å². The van der Waals surface area contributed by atoms with Gasteiger partial charge < -0.3 is 5.32 Å². The normalized spacial score (nSPS) is 10.6. The van der Waals surface area contributed by atoms with E-state index in [1.807, 2.05) is 0 Å². The highest BCUT2D eigenvalue weighted by molar-refractivity contribution is 6.05. The summed E-state index contributed by atoms with van der Waals surface area (Å²) in [5.41, 5.74) is 2.92. The summed E-state index contributed by atoms with van der Waals surface area (Å²) in [6, 6.07) is 9.55. The van der Waals surface area contributed by atoms with E-state index in [4.69, 9.17) is 0 Å². The number of amides is 1. The number of rotatable bonds is 2. The van der Waals surface area contributed by atoms with Gasteiger partial charge in [-0.25, -0.2) is 4.39 Å². The Kier molecular flexibility index (Phi) is 3.31. The van der Waals surface area contributed by atoms with Gasteiger partial charge in [-0.3, -0.25) is 14.8 Å². The van der Waals surface area contributed by atoms with Gasteiger partial charge in [-0.15, -0.1) is 0 Å². The third-order valence-electron chi connectivity index (χ3n) is 3.15. The molecule has 0 bridgehead atoms. The quantitative estimate of drug-likeness (QED) is 0.784. The molecule has 0 radical (unpaired) electrons. The van der Waals surface area contributed by atoms with Gasteiger partial charge in [0.2, 0.25) is 0 Å². The summed E-state index contributed by atoms with van der Waals surface area (Å²) in [4.78, 5) is 20.5. The molecular formula is C16H12FN3O. The molecule has 4 nitrogen and oxygen atoms in total. The van der Waals surface area contributed by atoms with Crippen molar-refractivity contribution in [3.8, 4) is 0 Å². The molecule has 21 heavy (non-hydrogen) atoms. The van der Waals surface area contributed by atoms with Gasteiger partial charge >= 0.3 is 0 Å². The lowest BCUT2D eigenvalue weighted by Crippen LogP contribution is -2.12. The number of nitrogens with one attached hydrogen (secondary N) is 1. The van der Waals surface area contributed by atoms with Gasteiger partial charge in [0.1, 0.15) is 5.82 Å². The van der Waals surface area contributed by atoms with Crippen molar-refractivity contribution in [1.29, 1.82) is 0 Å². The second kappa shape index (κ2) is 5.28. The van der Waals surface area contributed by atoms with Crippen LogP contribution < -0.4 is 5.32 Å². The zero-order valence-electron chi connectivity index (χ0n) is 11.3. The molecule has 0 saturated carbocycles. The van der Waals surface area contributed by atoms with Crippen molar-refractivity contribution in [3.05, 3.63) is 65.7 Å². The average Bonchev–Trinajstić information content (AvgIpc) is 2.50. The molecule has 5 heteroatoms. The number of aryl methyl sites for hydroxylation is 1. The molecule has 1 heterocycles. The fourth-order valence-electron chi connectivity index (χ4n) is 2.03. The van der Waals surface area contributed by atoms with E-state index in [9.17, 15) is 9.18 Å². The van der Waals surface area contributed by atoms with Crippen molar-refractivity contribution in [2.75, 3.05) is 5.32 Å². The molecule has 0 fully saturated rings. The minimum atomic E-state index is -0.326. The molecule has 0 unspecified atom stereocenters. The lowest BCUT2D eigenvalue weighted by atomic mass is 10.1. The Morgan fingerprint density at radius 1 is 1.05 bits per heavy atom. The van der Waals surface area contributed by atoms with E-state index < -0.39 is 0 Å². The standard InChI is InChI=1S/C16H12FN3O/c1-10-8-11(2-4-13(10)17)16(21)20-12-3-5-14-15(9-12)19-7-6-18-14/h2-9H,1H3,(H,20,21). The van der Waals surface area contributed by atoms with Crippen LogP contribution in [0, 0.1) is 12.7 Å². The van der Waals surface area contributed by atoms with Gasteiger partial charge in [-0.2, -0.15) is 0 Å². The molecule has 0 aliphatic carbocycles. The van der Waals surface area contributed by atoms with E-state index in [1.54, 1.807) is 37.5 Å². The first-order valence-corrected chi connectivity index (χ1v) is 6.42. The van der Waals surface area contributed by atoms with Gasteiger partial charge in [0.15, 0.2) is 0 Å². The Balaban J connectivity index is 1.87. The molecule has 0 atom stereocenters. The van der Waals surface area contributed by atoms with Gasteiger partial charge in [-0.05, 0) is 48.9 Å². The minimum Gasteiger partial charge on any atom is -0.322 e. The molecule has 1 aromatic heterocycles. The molecular weight excluding hydrogens is 269 g/mol. The van der Waals surface area contributed by atoms with Crippen LogP contribution in [-0.2, 0) is 0 Å². The lowest BCUT2D eigenvalue weighted by Gasteiger charge is -2.07. The van der Waals surface area contributed by atoms with Crippen molar-refractivity contribution < 1.29 is 9.18 Å². The van der Waals surface area contributed by atoms with Crippen LogP contribution in [0.15, 0.2) is 48.8 Å². The highest BCUT2D eigenvalue weighted by Gasteiger charge is 2.08. The molecule has 1 N–H and O–H groups in total. The van der Waals surface area contributed by atoms with E-state index in [1.165, 1.54) is 18.2 Å². The molecule has 3 rings (SSSR count). The number of aromatic nitrogens is 2. The Labute approximate surface area is 120 Å². The molecule has 0 aliphatic heterocycles. The van der Waals surface area contributed by atoms with Gasteiger partial charge in [0.05, 0.1) is 11.0 Å². The smallest absolute Gasteiger partial charge is 0.255 e. The van der Waals surface area contributed by atoms with E-state index in [2.05, 4.69) is 15.3 Å². The third kappa shape index (κ3) is 2.72. The van der Waals surface area contributed by atoms with E-state index in [0.29, 0.717) is 22.3 Å². The van der Waals surface area contributed by atoms with Crippen LogP contribution in [0.25, 0.3) is 11.0 Å². The SMILES string of the molecule is Cc1cc(C(=O)Nc2ccc3nccnc3c2)ccc1F. The lowest BCUT2D eigenvalue weighted by molar-refractivity contribution is 0.102. The number of fused-ring (bicyclic) bond motifs is 1. The molecule has 0 aliphatic rings. The van der Waals surface area contributed by atoms with Crippen molar-refractivity contribution in [1.82, 2.24) is 9.97 Å². The van der Waals surface area contributed by atoms with Crippen molar-refractivity contribution >= 4 is 22.6 Å². The van der Waals surface area contributed by atoms with Crippen LogP contribution in [0.2, 0.25) is 0 Å². The molecule has 104 valence electrons. The van der Waals surface area contributed by atoms with Gasteiger partial charge in [0, 0.05) is 23.6 Å². The maximum Gasteiger partial charge on any atom is 0.255 e. The maximum atomic E-state index is 13.2. The topological polar surface area (TPSA) is 54.9 Å². The highest BCUT2D eigenvalue weighted by Crippen LogP contribution is 2.17. The first kappa shape index (κ1) is 13.2. The summed E-state index contributed by atoms with van der Waals surface area (Å²) >= 11 is 0. The maximum absolute atomic E-state index is 13.2. The van der Waals surface area contributed by atoms with Crippen LogP contribution in [0.4, 0.5) is 10.1 Å². The summed E-state index contributed by atoms with van der Waals surface area (Å²) < 4.78 is 13.2. The zero-order valence-corrected chi connectivity index (χ0v) is 11.3. The largest absolute Gasteiger partial charge is 0.322 e. The summed E-state index contributed by atoms with van der Waals surface area (Å²) in [5.74, 6) is -0.617. The van der Waals surface area contributed by atoms with E-state index in [-0.39, 0.29) is 11.7 Å². The van der Waals surface area contributed by atoms with Gasteiger partial charge in [0.25, 0.3) is 5.91 Å². The summed E-state index contributed by atoms with van der Waals surface area (Å²) in [6.07, 6.45) is 3.21. The summed E-state index contributed by atoms with van der Waals surface area (Å²) in [7, 11) is 0. The van der Waals surface area contributed by atoms with Crippen LogP contribution in [0.3, 0.4) is 0 Å². The fourth-order valence-corrected chi connectivity index (χ4v) is 2.03. The zero-order chi connectivity index (χ0) is 14.8. The number of hydrogen-bond acceptors (Lipinski definition) is 3. The number of halogens is 1. The Morgan fingerprint density at radius 3 is 2.57 bits per heavy atom. The number of carbonyl (C=O) groups is 1. The summed E-state index contributed by atoms with van der Waals surface area (Å²) in [5, 5.41) is 2.77. The molecule has 2 aromatic carbocycles. The van der Waals surface area contributed by atoms with E-state index in [0.717, 1.165) is 5.52 Å². The predicted molar refractivity (Wildman–Crippen MR) is 78.6 cm³/mol. The minimum absolute atomic E-state index is 0.290. The van der Waals surface area contributed by atoms with Crippen molar-refractivity contribution in [3.63, 3.8) is 0 Å². The second-order valence-corrected chi connectivity index (χ2v) is 4.68. The Morgan fingerprint density at radius 2 is 1.81 bits per heavy atom. The Hall–Kier alpha value is -2.82. The van der Waals surface area contributed by atoms with Crippen LogP contribution >= 0.6 is 0 Å². The number of anilines is 1. The van der Waals surface area contributed by atoms with Gasteiger partial charge in [-0.1, -0.05) is 0 Å². The highest BCUT2D eigenvalue weighted by atomic mass is 19.1. The van der Waals surface area contributed by atoms with Crippen LogP contribution in [0.1, 0.15) is 15.9 Å². The van der Waals surface area contributed by atoms with Crippen LogP contribution in [-0.4, -0.2) is 15.9 Å². The third-order valence-corrected chi connectivity index (χ3v) is 3.15. The first-order valence-electron chi connectivity index (χ1n) is 6.42. The molecule has 3 aromatic rings. The fraction of sp³-hybridized carbons (Fsp3) is 0.0625. The number of carbonyl (C=O) groups excluding carboxylic acids is 1. The summed E-state index contributed by atoms with van der Waals surface area (Å²) in [6.45, 7) is 1.62. The van der Waals surface area contributed by atoms with Crippen LogP contribution in [0.5, 0.6) is 0 Å². The number of benzene rings is 2. The number of hydrogen-bond donors (Lipinski definition) is 1. The van der Waals surface area contributed by atoms with Crippen molar-refractivity contribution in [2.45, 2.75) is 6.92 Å². The monoisotopic (exact) mass is 281 g/mol. The molecule has 1 amide bonds. The predicted octanol–water partition coefficient (Wildman–Crippen LogP) is 3.33. The second-order valence-electron chi connectivity index (χ2n) is 4.68. The molecule has 0 spiro atoms.